The molecule has 4 heteroatoms. The summed E-state index contributed by atoms with van der Waals surface area (Å²) in [4.78, 5) is 11.2. The maximum absolute atomic E-state index is 9.20. The predicted molar refractivity (Wildman–Crippen MR) is 83.0 cm³/mol. The number of rotatable bonds is 3. The number of hydrogen-bond donors (Lipinski definition) is 0. The van der Waals surface area contributed by atoms with Gasteiger partial charge in [0.25, 0.3) is 0 Å². The van der Waals surface area contributed by atoms with Gasteiger partial charge < -0.3 is 4.90 Å². The summed E-state index contributed by atoms with van der Waals surface area (Å²) in [6.07, 6.45) is 3.36. The monoisotopic (exact) mass is 278 g/mol. The normalized spacial score (nSPS) is 14.2. The van der Waals surface area contributed by atoms with Crippen LogP contribution in [0.2, 0.25) is 0 Å². The lowest BCUT2D eigenvalue weighted by Crippen LogP contribution is -2.21. The van der Waals surface area contributed by atoms with Gasteiger partial charge in [0, 0.05) is 24.7 Å². The molecule has 0 radical (unpaired) electrons. The topological polar surface area (TPSA) is 52.8 Å². The molecule has 1 saturated heterocycles. The van der Waals surface area contributed by atoms with Crippen molar-refractivity contribution in [3.8, 4) is 17.3 Å². The first kappa shape index (κ1) is 13.6. The predicted octanol–water partition coefficient (Wildman–Crippen LogP) is 3.18. The van der Waals surface area contributed by atoms with E-state index in [9.17, 15) is 5.26 Å². The van der Waals surface area contributed by atoms with Crippen LogP contribution in [-0.2, 0) is 6.42 Å². The molecule has 0 bridgehead atoms. The number of anilines is 1. The third-order valence-electron chi connectivity index (χ3n) is 3.88. The summed E-state index contributed by atoms with van der Waals surface area (Å²) in [5.41, 5.74) is 3.59. The van der Waals surface area contributed by atoms with Gasteiger partial charge in [0.2, 0.25) is 5.95 Å². The fourth-order valence-corrected chi connectivity index (χ4v) is 2.61. The summed E-state index contributed by atoms with van der Waals surface area (Å²) in [5, 5.41) is 9.20. The van der Waals surface area contributed by atoms with E-state index in [2.05, 4.69) is 52.1 Å². The molecule has 1 aliphatic heterocycles. The van der Waals surface area contributed by atoms with Crippen LogP contribution in [0.25, 0.3) is 11.3 Å². The molecule has 1 aromatic carbocycles. The third-order valence-corrected chi connectivity index (χ3v) is 3.88. The van der Waals surface area contributed by atoms with Gasteiger partial charge in [-0.1, -0.05) is 31.2 Å². The molecule has 0 atom stereocenters. The lowest BCUT2D eigenvalue weighted by atomic mass is 10.1. The number of aromatic nitrogens is 2. The van der Waals surface area contributed by atoms with Gasteiger partial charge in [0.15, 0.2) is 0 Å². The van der Waals surface area contributed by atoms with E-state index in [0.29, 0.717) is 11.6 Å². The summed E-state index contributed by atoms with van der Waals surface area (Å²) in [5.74, 6) is 0.682. The van der Waals surface area contributed by atoms with Crippen molar-refractivity contribution in [1.29, 1.82) is 5.26 Å². The van der Waals surface area contributed by atoms with Crippen molar-refractivity contribution in [1.82, 2.24) is 9.97 Å². The number of aryl methyl sites for hydroxylation is 1. The van der Waals surface area contributed by atoms with E-state index in [1.54, 1.807) is 6.07 Å². The van der Waals surface area contributed by atoms with E-state index in [1.165, 1.54) is 18.4 Å². The average Bonchev–Trinajstić information content (AvgIpc) is 3.09. The second kappa shape index (κ2) is 5.92. The lowest BCUT2D eigenvalue weighted by Gasteiger charge is -2.16. The summed E-state index contributed by atoms with van der Waals surface area (Å²) < 4.78 is 0. The number of nitrogens with zero attached hydrogens (tertiary/aromatic N) is 4. The molecule has 21 heavy (non-hydrogen) atoms. The Bertz CT molecular complexity index is 664. The van der Waals surface area contributed by atoms with Gasteiger partial charge >= 0.3 is 0 Å². The minimum absolute atomic E-state index is 0.432. The number of benzene rings is 1. The molecule has 1 fully saturated rings. The summed E-state index contributed by atoms with van der Waals surface area (Å²) >= 11 is 0. The molecule has 0 unspecified atom stereocenters. The molecule has 2 heterocycles. The van der Waals surface area contributed by atoms with E-state index in [-0.39, 0.29) is 0 Å². The van der Waals surface area contributed by atoms with Gasteiger partial charge in [0.05, 0.1) is 5.69 Å². The molecule has 3 rings (SSSR count). The van der Waals surface area contributed by atoms with Crippen molar-refractivity contribution < 1.29 is 0 Å². The molecule has 0 N–H and O–H groups in total. The van der Waals surface area contributed by atoms with Crippen molar-refractivity contribution >= 4 is 5.95 Å². The van der Waals surface area contributed by atoms with E-state index in [4.69, 9.17) is 0 Å². The zero-order valence-electron chi connectivity index (χ0n) is 12.2. The van der Waals surface area contributed by atoms with Gasteiger partial charge in [-0.25, -0.2) is 9.97 Å². The fourth-order valence-electron chi connectivity index (χ4n) is 2.61. The molecule has 4 nitrogen and oxygen atoms in total. The average molecular weight is 278 g/mol. The Hall–Kier alpha value is -2.41. The highest BCUT2D eigenvalue weighted by atomic mass is 15.3. The molecule has 1 aliphatic rings. The van der Waals surface area contributed by atoms with Gasteiger partial charge in [-0.05, 0) is 24.8 Å². The highest BCUT2D eigenvalue weighted by Gasteiger charge is 2.17. The smallest absolute Gasteiger partial charge is 0.227 e. The van der Waals surface area contributed by atoms with E-state index in [0.717, 1.165) is 30.8 Å². The van der Waals surface area contributed by atoms with Crippen LogP contribution >= 0.6 is 0 Å². The molecule has 0 saturated carbocycles. The highest BCUT2D eigenvalue weighted by Crippen LogP contribution is 2.23. The van der Waals surface area contributed by atoms with Crippen LogP contribution in [0.3, 0.4) is 0 Å². The van der Waals surface area contributed by atoms with Gasteiger partial charge in [-0.15, -0.1) is 0 Å². The molecule has 0 aliphatic carbocycles. The molecule has 2 aromatic rings. The maximum Gasteiger partial charge on any atom is 0.227 e. The Morgan fingerprint density at radius 2 is 1.86 bits per heavy atom. The first-order chi connectivity index (χ1) is 10.3. The van der Waals surface area contributed by atoms with Crippen molar-refractivity contribution in [3.63, 3.8) is 0 Å². The fraction of sp³-hybridized carbons (Fsp3) is 0.353. The molecular weight excluding hydrogens is 260 g/mol. The van der Waals surface area contributed by atoms with Gasteiger partial charge in [-0.3, -0.25) is 0 Å². The van der Waals surface area contributed by atoms with E-state index in [1.807, 2.05) is 0 Å². The Kier molecular flexibility index (Phi) is 3.83. The number of nitriles is 1. The van der Waals surface area contributed by atoms with E-state index < -0.39 is 0 Å². The molecule has 0 spiro atoms. The standard InChI is InChI=1S/C17H18N4/c1-2-13-5-7-14(8-6-13)16-11-15(12-18)19-17(20-16)21-9-3-4-10-21/h5-8,11H,2-4,9-10H2,1H3. The van der Waals surface area contributed by atoms with Crippen LogP contribution in [-0.4, -0.2) is 23.1 Å². The first-order valence-electron chi connectivity index (χ1n) is 7.43. The maximum atomic E-state index is 9.20. The van der Waals surface area contributed by atoms with Crippen molar-refractivity contribution in [2.45, 2.75) is 26.2 Å². The zero-order chi connectivity index (χ0) is 14.7. The van der Waals surface area contributed by atoms with Gasteiger partial charge in [-0.2, -0.15) is 5.26 Å². The largest absolute Gasteiger partial charge is 0.341 e. The van der Waals surface area contributed by atoms with Crippen LogP contribution in [0.5, 0.6) is 0 Å². The minimum Gasteiger partial charge on any atom is -0.341 e. The second-order valence-electron chi connectivity index (χ2n) is 5.29. The van der Waals surface area contributed by atoms with Crippen LogP contribution in [0.4, 0.5) is 5.95 Å². The van der Waals surface area contributed by atoms with Crippen molar-refractivity contribution in [3.05, 3.63) is 41.6 Å². The van der Waals surface area contributed by atoms with Crippen LogP contribution in [0.15, 0.2) is 30.3 Å². The Morgan fingerprint density at radius 3 is 2.48 bits per heavy atom. The Morgan fingerprint density at radius 1 is 1.14 bits per heavy atom. The summed E-state index contributed by atoms with van der Waals surface area (Å²) in [7, 11) is 0. The highest BCUT2D eigenvalue weighted by molar-refractivity contribution is 5.62. The second-order valence-corrected chi connectivity index (χ2v) is 5.29. The van der Waals surface area contributed by atoms with Crippen molar-refractivity contribution in [2.75, 3.05) is 18.0 Å². The summed E-state index contributed by atoms with van der Waals surface area (Å²) in [6, 6.07) is 12.3. The number of hydrogen-bond acceptors (Lipinski definition) is 4. The molecule has 1 aromatic heterocycles. The Balaban J connectivity index is 2.00. The molecular formula is C17H18N4. The Labute approximate surface area is 125 Å². The van der Waals surface area contributed by atoms with Crippen molar-refractivity contribution in [2.24, 2.45) is 0 Å². The van der Waals surface area contributed by atoms with Crippen LogP contribution in [0, 0.1) is 11.3 Å². The SMILES string of the molecule is CCc1ccc(-c2cc(C#N)nc(N3CCCC3)n2)cc1. The zero-order valence-corrected chi connectivity index (χ0v) is 12.2. The van der Waals surface area contributed by atoms with Gasteiger partial charge in [0.1, 0.15) is 11.8 Å². The molecule has 106 valence electrons. The third kappa shape index (κ3) is 2.87. The van der Waals surface area contributed by atoms with Crippen LogP contribution in [0.1, 0.15) is 31.0 Å². The summed E-state index contributed by atoms with van der Waals surface area (Å²) in [6.45, 7) is 4.09. The minimum atomic E-state index is 0.432. The first-order valence-corrected chi connectivity index (χ1v) is 7.43. The quantitative estimate of drug-likeness (QED) is 0.865. The van der Waals surface area contributed by atoms with Crippen LogP contribution < -0.4 is 4.90 Å². The molecule has 0 amide bonds. The lowest BCUT2D eigenvalue weighted by molar-refractivity contribution is 0.896. The van der Waals surface area contributed by atoms with E-state index >= 15 is 0 Å².